The zero-order valence-electron chi connectivity index (χ0n) is 15.6. The van der Waals surface area contributed by atoms with E-state index < -0.39 is 10.0 Å². The Morgan fingerprint density at radius 2 is 1.79 bits per heavy atom. The molecular weight excluding hydrogens is 384 g/mol. The lowest BCUT2D eigenvalue weighted by Crippen LogP contribution is -2.50. The molecule has 3 heterocycles. The quantitative estimate of drug-likeness (QED) is 0.746. The van der Waals surface area contributed by atoms with Crippen LogP contribution in [0, 0.1) is 0 Å². The van der Waals surface area contributed by atoms with Crippen LogP contribution in [0.5, 0.6) is 11.5 Å². The minimum absolute atomic E-state index is 0.138. The maximum absolute atomic E-state index is 13.0. The van der Waals surface area contributed by atoms with Crippen molar-refractivity contribution in [3.63, 3.8) is 0 Å². The number of carbonyl (C=O) groups excluding carboxylic acids is 1. The van der Waals surface area contributed by atoms with Crippen LogP contribution in [0.1, 0.15) is 16.8 Å². The predicted octanol–water partition coefficient (Wildman–Crippen LogP) is 0.728. The fourth-order valence-corrected chi connectivity index (χ4v) is 4.74. The van der Waals surface area contributed by atoms with Crippen molar-refractivity contribution in [1.29, 1.82) is 0 Å². The second kappa shape index (κ2) is 7.44. The van der Waals surface area contributed by atoms with Gasteiger partial charge in [-0.3, -0.25) is 9.48 Å². The van der Waals surface area contributed by atoms with E-state index in [4.69, 9.17) is 9.47 Å². The molecule has 0 saturated carbocycles. The number of fused-ring (bicyclic) bond motifs is 1. The number of rotatable bonds is 3. The minimum atomic E-state index is -3.67. The number of hydrogen-bond acceptors (Lipinski definition) is 6. The van der Waals surface area contributed by atoms with Crippen molar-refractivity contribution >= 4 is 15.9 Å². The lowest BCUT2D eigenvalue weighted by molar-refractivity contribution is 0.0698. The highest BCUT2D eigenvalue weighted by molar-refractivity contribution is 7.89. The molecule has 9 nitrogen and oxygen atoms in total. The molecule has 1 aromatic carbocycles. The molecule has 0 aliphatic carbocycles. The van der Waals surface area contributed by atoms with Gasteiger partial charge in [0.25, 0.3) is 5.91 Å². The van der Waals surface area contributed by atoms with E-state index in [1.807, 2.05) is 0 Å². The Balaban J connectivity index is 1.46. The Bertz CT molecular complexity index is 980. The lowest BCUT2D eigenvalue weighted by Gasteiger charge is -2.33. The molecule has 0 N–H and O–H groups in total. The van der Waals surface area contributed by atoms with Crippen LogP contribution in [0.4, 0.5) is 0 Å². The van der Waals surface area contributed by atoms with Crippen LogP contribution >= 0.6 is 0 Å². The zero-order chi connectivity index (χ0) is 19.7. The highest BCUT2D eigenvalue weighted by atomic mass is 32.2. The van der Waals surface area contributed by atoms with E-state index in [2.05, 4.69) is 5.10 Å². The van der Waals surface area contributed by atoms with Crippen molar-refractivity contribution < 1.29 is 22.7 Å². The highest BCUT2D eigenvalue weighted by Gasteiger charge is 2.31. The van der Waals surface area contributed by atoms with Gasteiger partial charge in [0, 0.05) is 51.9 Å². The third kappa shape index (κ3) is 3.57. The van der Waals surface area contributed by atoms with Gasteiger partial charge in [0.05, 0.1) is 29.9 Å². The van der Waals surface area contributed by atoms with Crippen LogP contribution in [0.15, 0.2) is 35.5 Å². The molecule has 1 amide bonds. The summed E-state index contributed by atoms with van der Waals surface area (Å²) in [5.41, 5.74) is 0.502. The van der Waals surface area contributed by atoms with Crippen LogP contribution in [0.3, 0.4) is 0 Å². The fourth-order valence-electron chi connectivity index (χ4n) is 3.30. The first-order valence-electron chi connectivity index (χ1n) is 9.13. The summed E-state index contributed by atoms with van der Waals surface area (Å²) in [5.74, 6) is 0.869. The van der Waals surface area contributed by atoms with Gasteiger partial charge in [-0.1, -0.05) is 0 Å². The highest BCUT2D eigenvalue weighted by Crippen LogP contribution is 2.33. The maximum Gasteiger partial charge on any atom is 0.257 e. The van der Waals surface area contributed by atoms with Gasteiger partial charge in [-0.05, 0) is 12.1 Å². The topological polar surface area (TPSA) is 94.0 Å². The predicted molar refractivity (Wildman–Crippen MR) is 99.9 cm³/mol. The Hall–Kier alpha value is -2.59. The fraction of sp³-hybridized carbons (Fsp3) is 0.444. The molecule has 28 heavy (non-hydrogen) atoms. The largest absolute Gasteiger partial charge is 0.490 e. The van der Waals surface area contributed by atoms with Crippen LogP contribution in [-0.2, 0) is 17.1 Å². The first kappa shape index (κ1) is 18.8. The number of carbonyl (C=O) groups is 1. The number of piperazine rings is 1. The van der Waals surface area contributed by atoms with Crippen molar-refractivity contribution in [3.8, 4) is 11.5 Å². The maximum atomic E-state index is 13.0. The SMILES string of the molecule is Cn1cc(C(=O)N2CCN(S(=O)(=O)c3ccc4c(c3)OCCCO4)CC2)cn1. The van der Waals surface area contributed by atoms with Crippen molar-refractivity contribution in [2.45, 2.75) is 11.3 Å². The van der Waals surface area contributed by atoms with Gasteiger partial charge in [-0.2, -0.15) is 9.40 Å². The summed E-state index contributed by atoms with van der Waals surface area (Å²) < 4.78 is 40.2. The Labute approximate surface area is 163 Å². The Morgan fingerprint density at radius 1 is 1.07 bits per heavy atom. The summed E-state index contributed by atoms with van der Waals surface area (Å²) in [7, 11) is -1.93. The molecule has 1 aromatic heterocycles. The summed E-state index contributed by atoms with van der Waals surface area (Å²) in [6.07, 6.45) is 3.93. The molecule has 2 aliphatic rings. The average molecular weight is 406 g/mol. The summed E-state index contributed by atoms with van der Waals surface area (Å²) in [5, 5.41) is 4.01. The van der Waals surface area contributed by atoms with Crippen LogP contribution in [0.2, 0.25) is 0 Å². The number of ether oxygens (including phenoxy) is 2. The van der Waals surface area contributed by atoms with E-state index >= 15 is 0 Å². The Morgan fingerprint density at radius 3 is 2.46 bits per heavy atom. The third-order valence-electron chi connectivity index (χ3n) is 4.83. The molecule has 0 atom stereocenters. The molecule has 0 bridgehead atoms. The number of hydrogen-bond donors (Lipinski definition) is 0. The number of benzene rings is 1. The average Bonchev–Trinajstić information content (AvgIpc) is 3.00. The monoisotopic (exact) mass is 406 g/mol. The number of sulfonamides is 1. The molecule has 0 spiro atoms. The number of nitrogens with zero attached hydrogens (tertiary/aromatic N) is 4. The number of amides is 1. The van der Waals surface area contributed by atoms with Crippen molar-refractivity contribution in [2.24, 2.45) is 7.05 Å². The lowest BCUT2D eigenvalue weighted by atomic mass is 10.2. The van der Waals surface area contributed by atoms with Crippen LogP contribution in [0.25, 0.3) is 0 Å². The van der Waals surface area contributed by atoms with Crippen molar-refractivity contribution in [3.05, 3.63) is 36.2 Å². The van der Waals surface area contributed by atoms with Crippen LogP contribution < -0.4 is 9.47 Å². The smallest absolute Gasteiger partial charge is 0.257 e. The minimum Gasteiger partial charge on any atom is -0.490 e. The van der Waals surface area contributed by atoms with E-state index in [-0.39, 0.29) is 23.9 Å². The second-order valence-corrected chi connectivity index (χ2v) is 8.70. The van der Waals surface area contributed by atoms with Gasteiger partial charge in [0.2, 0.25) is 10.0 Å². The summed E-state index contributed by atoms with van der Waals surface area (Å²) in [6.45, 7) is 2.18. The Kier molecular flexibility index (Phi) is 4.98. The van der Waals surface area contributed by atoms with Gasteiger partial charge in [0.1, 0.15) is 0 Å². The first-order chi connectivity index (χ1) is 13.4. The molecule has 150 valence electrons. The number of aryl methyl sites for hydroxylation is 1. The van der Waals surface area contributed by atoms with Gasteiger partial charge in [0.15, 0.2) is 11.5 Å². The molecule has 0 unspecified atom stereocenters. The van der Waals surface area contributed by atoms with E-state index in [0.29, 0.717) is 43.4 Å². The molecule has 0 radical (unpaired) electrons. The zero-order valence-corrected chi connectivity index (χ0v) is 16.4. The van der Waals surface area contributed by atoms with E-state index in [1.54, 1.807) is 28.9 Å². The van der Waals surface area contributed by atoms with E-state index in [1.165, 1.54) is 22.6 Å². The molecule has 1 saturated heterocycles. The van der Waals surface area contributed by atoms with E-state index in [0.717, 1.165) is 6.42 Å². The van der Waals surface area contributed by atoms with Crippen molar-refractivity contribution in [2.75, 3.05) is 39.4 Å². The van der Waals surface area contributed by atoms with Gasteiger partial charge in [-0.15, -0.1) is 0 Å². The molecule has 2 aliphatic heterocycles. The summed E-state index contributed by atoms with van der Waals surface area (Å²) in [4.78, 5) is 14.3. The molecule has 1 fully saturated rings. The third-order valence-corrected chi connectivity index (χ3v) is 6.73. The molecular formula is C18H22N4O5S. The summed E-state index contributed by atoms with van der Waals surface area (Å²) in [6, 6.07) is 4.69. The first-order valence-corrected chi connectivity index (χ1v) is 10.6. The van der Waals surface area contributed by atoms with Crippen LogP contribution in [-0.4, -0.2) is 72.7 Å². The normalized spacial score (nSPS) is 18.0. The molecule has 2 aromatic rings. The van der Waals surface area contributed by atoms with Gasteiger partial charge in [-0.25, -0.2) is 8.42 Å². The van der Waals surface area contributed by atoms with E-state index in [9.17, 15) is 13.2 Å². The molecule has 4 rings (SSSR count). The second-order valence-electron chi connectivity index (χ2n) is 6.76. The van der Waals surface area contributed by atoms with Gasteiger partial charge < -0.3 is 14.4 Å². The number of aromatic nitrogens is 2. The standard InChI is InChI=1S/C18H22N4O5S/c1-20-13-14(12-19-20)18(23)21-5-7-22(8-6-21)28(24,25)15-3-4-16-17(11-15)27-10-2-9-26-16/h3-4,11-13H,2,5-10H2,1H3. The molecule has 10 heteroatoms. The van der Waals surface area contributed by atoms with Gasteiger partial charge >= 0.3 is 0 Å². The van der Waals surface area contributed by atoms with Crippen molar-refractivity contribution in [1.82, 2.24) is 19.0 Å². The summed E-state index contributed by atoms with van der Waals surface area (Å²) >= 11 is 0.